The van der Waals surface area contributed by atoms with Gasteiger partial charge in [0.25, 0.3) is 0 Å². The number of benzene rings is 2. The fraction of sp³-hybridized carbons (Fsp3) is 0.200. The SMILES string of the molecule is COc1ccc(Br)c(CC(NN)c2cccc(F)c2)c1. The standard InChI is InChI=1S/C15H16BrFN2O/c1-20-13-5-6-14(16)11(8-13)9-15(19-18)10-3-2-4-12(17)7-10/h2-8,15,19H,9,18H2,1H3. The van der Waals surface area contributed by atoms with Crippen molar-refractivity contribution in [2.24, 2.45) is 5.84 Å². The maximum absolute atomic E-state index is 13.3. The molecule has 0 saturated carbocycles. The van der Waals surface area contributed by atoms with Crippen LogP contribution in [0.25, 0.3) is 0 Å². The number of rotatable bonds is 5. The minimum atomic E-state index is -0.271. The fourth-order valence-electron chi connectivity index (χ4n) is 2.05. The van der Waals surface area contributed by atoms with Gasteiger partial charge in [0.2, 0.25) is 0 Å². The zero-order valence-corrected chi connectivity index (χ0v) is 12.7. The first-order chi connectivity index (χ1) is 9.63. The maximum atomic E-state index is 13.3. The summed E-state index contributed by atoms with van der Waals surface area (Å²) in [5.41, 5.74) is 4.58. The number of hydrogen-bond donors (Lipinski definition) is 2. The smallest absolute Gasteiger partial charge is 0.123 e. The molecule has 0 aliphatic heterocycles. The normalized spacial score (nSPS) is 12.2. The molecule has 0 heterocycles. The van der Waals surface area contributed by atoms with E-state index in [0.29, 0.717) is 6.42 Å². The third-order valence-corrected chi connectivity index (χ3v) is 3.90. The molecule has 20 heavy (non-hydrogen) atoms. The molecule has 0 radical (unpaired) electrons. The van der Waals surface area contributed by atoms with E-state index in [2.05, 4.69) is 21.4 Å². The van der Waals surface area contributed by atoms with Crippen LogP contribution in [0, 0.1) is 5.82 Å². The van der Waals surface area contributed by atoms with E-state index in [9.17, 15) is 4.39 Å². The number of methoxy groups -OCH3 is 1. The Morgan fingerprint density at radius 2 is 2.10 bits per heavy atom. The van der Waals surface area contributed by atoms with Crippen LogP contribution < -0.4 is 16.0 Å². The summed E-state index contributed by atoms with van der Waals surface area (Å²) in [5, 5.41) is 0. The predicted octanol–water partition coefficient (Wildman–Crippen LogP) is 3.34. The van der Waals surface area contributed by atoms with Gasteiger partial charge in [-0.1, -0.05) is 28.1 Å². The highest BCUT2D eigenvalue weighted by molar-refractivity contribution is 9.10. The van der Waals surface area contributed by atoms with Crippen molar-refractivity contribution in [1.82, 2.24) is 5.43 Å². The quantitative estimate of drug-likeness (QED) is 0.649. The van der Waals surface area contributed by atoms with Crippen molar-refractivity contribution in [3.05, 3.63) is 63.9 Å². The van der Waals surface area contributed by atoms with Crippen molar-refractivity contribution in [3.63, 3.8) is 0 Å². The lowest BCUT2D eigenvalue weighted by Crippen LogP contribution is -2.29. The molecular weight excluding hydrogens is 323 g/mol. The highest BCUT2D eigenvalue weighted by Gasteiger charge is 2.13. The van der Waals surface area contributed by atoms with Crippen molar-refractivity contribution < 1.29 is 9.13 Å². The predicted molar refractivity (Wildman–Crippen MR) is 80.9 cm³/mol. The summed E-state index contributed by atoms with van der Waals surface area (Å²) >= 11 is 3.51. The highest BCUT2D eigenvalue weighted by atomic mass is 79.9. The highest BCUT2D eigenvalue weighted by Crippen LogP contribution is 2.27. The summed E-state index contributed by atoms with van der Waals surface area (Å²) in [6.07, 6.45) is 0.623. The van der Waals surface area contributed by atoms with E-state index in [1.165, 1.54) is 12.1 Å². The van der Waals surface area contributed by atoms with Crippen LogP contribution >= 0.6 is 15.9 Å². The van der Waals surface area contributed by atoms with Crippen LogP contribution in [0.5, 0.6) is 5.75 Å². The Morgan fingerprint density at radius 3 is 2.75 bits per heavy atom. The lowest BCUT2D eigenvalue weighted by molar-refractivity contribution is 0.413. The van der Waals surface area contributed by atoms with Gasteiger partial charge in [0, 0.05) is 4.47 Å². The zero-order valence-electron chi connectivity index (χ0n) is 11.1. The minimum absolute atomic E-state index is 0.172. The molecule has 0 bridgehead atoms. The molecule has 3 N–H and O–H groups in total. The van der Waals surface area contributed by atoms with E-state index in [0.717, 1.165) is 21.3 Å². The van der Waals surface area contributed by atoms with Crippen molar-refractivity contribution in [3.8, 4) is 5.75 Å². The van der Waals surface area contributed by atoms with Gasteiger partial charge in [-0.15, -0.1) is 0 Å². The summed E-state index contributed by atoms with van der Waals surface area (Å²) in [6.45, 7) is 0. The molecule has 0 aromatic heterocycles. The Morgan fingerprint density at radius 1 is 1.30 bits per heavy atom. The molecule has 0 saturated heterocycles. The van der Waals surface area contributed by atoms with Crippen molar-refractivity contribution >= 4 is 15.9 Å². The summed E-state index contributed by atoms with van der Waals surface area (Å²) in [6, 6.07) is 12.0. The molecule has 0 fully saturated rings. The Bertz CT molecular complexity index is 592. The van der Waals surface area contributed by atoms with E-state index in [-0.39, 0.29) is 11.9 Å². The van der Waals surface area contributed by atoms with Gasteiger partial charge in [-0.2, -0.15) is 0 Å². The van der Waals surface area contributed by atoms with E-state index in [1.54, 1.807) is 13.2 Å². The molecule has 0 aliphatic carbocycles. The number of ether oxygens (including phenoxy) is 1. The van der Waals surface area contributed by atoms with Crippen LogP contribution in [0.15, 0.2) is 46.9 Å². The van der Waals surface area contributed by atoms with Gasteiger partial charge < -0.3 is 4.74 Å². The molecule has 1 atom stereocenters. The summed E-state index contributed by atoms with van der Waals surface area (Å²) in [4.78, 5) is 0. The van der Waals surface area contributed by atoms with Crippen molar-refractivity contribution in [2.75, 3.05) is 7.11 Å². The average molecular weight is 339 g/mol. The second-order valence-corrected chi connectivity index (χ2v) is 5.29. The van der Waals surface area contributed by atoms with Crippen LogP contribution in [-0.2, 0) is 6.42 Å². The first-order valence-electron chi connectivity index (χ1n) is 6.18. The van der Waals surface area contributed by atoms with E-state index < -0.39 is 0 Å². The molecule has 2 aromatic carbocycles. The molecule has 0 aliphatic rings. The third kappa shape index (κ3) is 3.56. The van der Waals surface area contributed by atoms with Gasteiger partial charge in [0.05, 0.1) is 13.2 Å². The Labute approximate surface area is 126 Å². The Kier molecular flexibility index (Phi) is 5.11. The summed E-state index contributed by atoms with van der Waals surface area (Å²) < 4.78 is 19.5. The molecule has 0 amide bonds. The summed E-state index contributed by atoms with van der Waals surface area (Å²) in [7, 11) is 1.62. The topological polar surface area (TPSA) is 47.3 Å². The number of nitrogens with two attached hydrogens (primary N) is 1. The molecule has 106 valence electrons. The van der Waals surface area contributed by atoms with Gasteiger partial charge in [0.1, 0.15) is 11.6 Å². The lowest BCUT2D eigenvalue weighted by atomic mass is 9.99. The van der Waals surface area contributed by atoms with Crippen molar-refractivity contribution in [1.29, 1.82) is 0 Å². The molecular formula is C15H16BrFN2O. The van der Waals surface area contributed by atoms with Crippen LogP contribution in [-0.4, -0.2) is 7.11 Å². The molecule has 0 spiro atoms. The van der Waals surface area contributed by atoms with Gasteiger partial charge >= 0.3 is 0 Å². The zero-order chi connectivity index (χ0) is 14.5. The van der Waals surface area contributed by atoms with Crippen molar-refractivity contribution in [2.45, 2.75) is 12.5 Å². The fourth-order valence-corrected chi connectivity index (χ4v) is 2.46. The van der Waals surface area contributed by atoms with Crippen LogP contribution in [0.4, 0.5) is 4.39 Å². The number of hydrogen-bond acceptors (Lipinski definition) is 3. The lowest BCUT2D eigenvalue weighted by Gasteiger charge is -2.18. The molecule has 5 heteroatoms. The molecule has 2 aromatic rings. The second kappa shape index (κ2) is 6.83. The monoisotopic (exact) mass is 338 g/mol. The third-order valence-electron chi connectivity index (χ3n) is 3.13. The largest absolute Gasteiger partial charge is 0.497 e. The molecule has 3 nitrogen and oxygen atoms in total. The maximum Gasteiger partial charge on any atom is 0.123 e. The minimum Gasteiger partial charge on any atom is -0.497 e. The molecule has 2 rings (SSSR count). The van der Waals surface area contributed by atoms with Crippen LogP contribution in [0.3, 0.4) is 0 Å². The Balaban J connectivity index is 2.26. The van der Waals surface area contributed by atoms with Crippen LogP contribution in [0.1, 0.15) is 17.2 Å². The van der Waals surface area contributed by atoms with E-state index in [4.69, 9.17) is 10.6 Å². The van der Waals surface area contributed by atoms with Gasteiger partial charge in [-0.05, 0) is 47.9 Å². The second-order valence-electron chi connectivity index (χ2n) is 4.44. The number of hydrazine groups is 1. The number of halogens is 2. The Hall–Kier alpha value is -1.43. The summed E-state index contributed by atoms with van der Waals surface area (Å²) in [5.74, 6) is 6.11. The van der Waals surface area contributed by atoms with Gasteiger partial charge in [0.15, 0.2) is 0 Å². The average Bonchev–Trinajstić information content (AvgIpc) is 2.46. The van der Waals surface area contributed by atoms with E-state index >= 15 is 0 Å². The number of nitrogens with one attached hydrogen (secondary N) is 1. The molecule has 1 unspecified atom stereocenters. The first kappa shape index (κ1) is 15.0. The van der Waals surface area contributed by atoms with Gasteiger partial charge in [-0.3, -0.25) is 11.3 Å². The van der Waals surface area contributed by atoms with Gasteiger partial charge in [-0.25, -0.2) is 4.39 Å². The van der Waals surface area contributed by atoms with Crippen LogP contribution in [0.2, 0.25) is 0 Å². The first-order valence-corrected chi connectivity index (χ1v) is 6.97. The van der Waals surface area contributed by atoms with E-state index in [1.807, 2.05) is 24.3 Å².